The maximum Gasteiger partial charge on any atom is 0.0945 e. The SMILES string of the molecule is CCCCCC[C@@]1(S(=O)c2ccccc2)C=CC[C@@H]1O. The summed E-state index contributed by atoms with van der Waals surface area (Å²) in [6.45, 7) is 2.18. The van der Waals surface area contributed by atoms with Crippen LogP contribution < -0.4 is 0 Å². The van der Waals surface area contributed by atoms with E-state index in [4.69, 9.17) is 0 Å². The van der Waals surface area contributed by atoms with Crippen molar-refractivity contribution in [2.24, 2.45) is 0 Å². The Morgan fingerprint density at radius 1 is 1.25 bits per heavy atom. The van der Waals surface area contributed by atoms with Crippen LogP contribution in [0.25, 0.3) is 0 Å². The fourth-order valence-electron chi connectivity index (χ4n) is 2.83. The second-order valence-electron chi connectivity index (χ2n) is 5.50. The molecule has 2 nitrogen and oxygen atoms in total. The van der Waals surface area contributed by atoms with E-state index in [1.165, 1.54) is 12.8 Å². The predicted molar refractivity (Wildman–Crippen MR) is 84.1 cm³/mol. The lowest BCUT2D eigenvalue weighted by Gasteiger charge is -2.31. The highest BCUT2D eigenvalue weighted by Gasteiger charge is 2.43. The quantitative estimate of drug-likeness (QED) is 0.612. The van der Waals surface area contributed by atoms with Gasteiger partial charge in [0.05, 0.1) is 21.7 Å². The fourth-order valence-corrected chi connectivity index (χ4v) is 4.56. The average molecular weight is 292 g/mol. The fraction of sp³-hybridized carbons (Fsp3) is 0.529. The van der Waals surface area contributed by atoms with Crippen LogP contribution in [0, 0.1) is 0 Å². The summed E-state index contributed by atoms with van der Waals surface area (Å²) in [6.07, 6.45) is 9.42. The van der Waals surface area contributed by atoms with Crippen molar-refractivity contribution < 1.29 is 9.32 Å². The number of rotatable bonds is 7. The molecular weight excluding hydrogens is 268 g/mol. The van der Waals surface area contributed by atoms with E-state index in [1.54, 1.807) is 0 Å². The third kappa shape index (κ3) is 3.21. The first-order chi connectivity index (χ1) is 9.70. The van der Waals surface area contributed by atoms with Crippen LogP contribution in [0.5, 0.6) is 0 Å². The molecule has 1 aromatic carbocycles. The van der Waals surface area contributed by atoms with Crippen LogP contribution in [-0.4, -0.2) is 20.2 Å². The van der Waals surface area contributed by atoms with Gasteiger partial charge in [0.15, 0.2) is 0 Å². The van der Waals surface area contributed by atoms with Crippen molar-refractivity contribution in [2.45, 2.75) is 61.2 Å². The molecule has 1 aromatic rings. The molecular formula is C17H24O2S. The van der Waals surface area contributed by atoms with Crippen LogP contribution in [0.15, 0.2) is 47.4 Å². The topological polar surface area (TPSA) is 37.3 Å². The zero-order valence-corrected chi connectivity index (χ0v) is 12.9. The molecule has 1 N–H and O–H groups in total. The van der Waals surface area contributed by atoms with Gasteiger partial charge >= 0.3 is 0 Å². The molecule has 0 aromatic heterocycles. The second kappa shape index (κ2) is 7.19. The van der Waals surface area contributed by atoms with Gasteiger partial charge in [-0.3, -0.25) is 4.21 Å². The Kier molecular flexibility index (Phi) is 5.55. The molecule has 0 bridgehead atoms. The highest BCUT2D eigenvalue weighted by molar-refractivity contribution is 7.86. The normalized spacial score (nSPS) is 26.8. The molecule has 0 spiro atoms. The monoisotopic (exact) mass is 292 g/mol. The lowest BCUT2D eigenvalue weighted by molar-refractivity contribution is 0.151. The largest absolute Gasteiger partial charge is 0.391 e. The van der Waals surface area contributed by atoms with Crippen LogP contribution in [0.3, 0.4) is 0 Å². The van der Waals surface area contributed by atoms with E-state index in [1.807, 2.05) is 42.5 Å². The van der Waals surface area contributed by atoms with Gasteiger partial charge in [-0.05, 0) is 25.0 Å². The summed E-state index contributed by atoms with van der Waals surface area (Å²) in [7, 11) is -1.19. The zero-order chi connectivity index (χ0) is 14.4. The summed E-state index contributed by atoms with van der Waals surface area (Å²) in [4.78, 5) is 0.814. The first-order valence-electron chi connectivity index (χ1n) is 7.53. The van der Waals surface area contributed by atoms with Gasteiger partial charge in [0, 0.05) is 4.90 Å². The Labute approximate surface area is 124 Å². The smallest absolute Gasteiger partial charge is 0.0945 e. The number of unbranched alkanes of at least 4 members (excludes halogenated alkanes) is 3. The Balaban J connectivity index is 2.15. The summed E-state index contributed by atoms with van der Waals surface area (Å²) < 4.78 is 12.4. The predicted octanol–water partition coefficient (Wildman–Crippen LogP) is 3.82. The standard InChI is InChI=1S/C17H24O2S/c1-2-3-4-8-13-17(14-9-12-16(17)18)20(19)15-10-6-5-7-11-15/h5-7,9-11,14,16,18H,2-4,8,12-13H2,1H3/t16-,17+,20?/m0/s1. The molecule has 0 amide bonds. The molecule has 1 aliphatic carbocycles. The van der Waals surface area contributed by atoms with Crippen molar-refractivity contribution >= 4 is 10.8 Å². The van der Waals surface area contributed by atoms with E-state index in [0.29, 0.717) is 6.42 Å². The van der Waals surface area contributed by atoms with Crippen molar-refractivity contribution in [3.05, 3.63) is 42.5 Å². The number of benzene rings is 1. The van der Waals surface area contributed by atoms with Gasteiger partial charge in [-0.1, -0.05) is 63.0 Å². The van der Waals surface area contributed by atoms with E-state index >= 15 is 0 Å². The lowest BCUT2D eigenvalue weighted by atomic mass is 9.97. The molecule has 0 saturated heterocycles. The van der Waals surface area contributed by atoms with Gasteiger partial charge in [0.1, 0.15) is 0 Å². The Morgan fingerprint density at radius 2 is 2.00 bits per heavy atom. The van der Waals surface area contributed by atoms with Crippen molar-refractivity contribution in [1.82, 2.24) is 0 Å². The summed E-state index contributed by atoms with van der Waals surface area (Å²) in [5.74, 6) is 0. The maximum absolute atomic E-state index is 12.9. The summed E-state index contributed by atoms with van der Waals surface area (Å²) in [5, 5.41) is 10.4. The molecule has 0 saturated carbocycles. The molecule has 3 heteroatoms. The van der Waals surface area contributed by atoms with Gasteiger partial charge in [-0.2, -0.15) is 0 Å². The molecule has 2 rings (SSSR count). The molecule has 0 fully saturated rings. The van der Waals surface area contributed by atoms with Crippen LogP contribution in [0.2, 0.25) is 0 Å². The molecule has 20 heavy (non-hydrogen) atoms. The number of aliphatic hydroxyl groups is 1. The van der Waals surface area contributed by atoms with Crippen molar-refractivity contribution in [2.75, 3.05) is 0 Å². The van der Waals surface area contributed by atoms with E-state index in [2.05, 4.69) is 6.92 Å². The first-order valence-corrected chi connectivity index (χ1v) is 8.68. The van der Waals surface area contributed by atoms with E-state index in [9.17, 15) is 9.32 Å². The van der Waals surface area contributed by atoms with Crippen LogP contribution >= 0.6 is 0 Å². The summed E-state index contributed by atoms with van der Waals surface area (Å²) >= 11 is 0. The highest BCUT2D eigenvalue weighted by atomic mass is 32.2. The van der Waals surface area contributed by atoms with Crippen molar-refractivity contribution in [3.8, 4) is 0 Å². The van der Waals surface area contributed by atoms with Gasteiger partial charge in [0.25, 0.3) is 0 Å². The van der Waals surface area contributed by atoms with Gasteiger partial charge in [0.2, 0.25) is 0 Å². The van der Waals surface area contributed by atoms with Gasteiger partial charge < -0.3 is 5.11 Å². The van der Waals surface area contributed by atoms with E-state index < -0.39 is 21.7 Å². The minimum absolute atomic E-state index is 0.523. The van der Waals surface area contributed by atoms with Crippen LogP contribution in [0.1, 0.15) is 45.4 Å². The molecule has 1 unspecified atom stereocenters. The number of aliphatic hydroxyl groups excluding tert-OH is 1. The first kappa shape index (κ1) is 15.5. The van der Waals surface area contributed by atoms with E-state index in [-0.39, 0.29) is 0 Å². The molecule has 1 aliphatic rings. The second-order valence-corrected chi connectivity index (χ2v) is 7.27. The third-order valence-corrected chi connectivity index (χ3v) is 6.05. The molecule has 110 valence electrons. The Morgan fingerprint density at radius 3 is 2.60 bits per heavy atom. The van der Waals surface area contributed by atoms with Gasteiger partial charge in [-0.15, -0.1) is 0 Å². The minimum atomic E-state index is -1.19. The van der Waals surface area contributed by atoms with Crippen LogP contribution in [-0.2, 0) is 10.8 Å². The maximum atomic E-state index is 12.9. The highest BCUT2D eigenvalue weighted by Crippen LogP contribution is 2.37. The number of hydrogen-bond acceptors (Lipinski definition) is 2. The third-order valence-electron chi connectivity index (χ3n) is 4.05. The molecule has 0 aliphatic heterocycles. The average Bonchev–Trinajstić information content (AvgIpc) is 2.86. The van der Waals surface area contributed by atoms with E-state index in [0.717, 1.165) is 24.2 Å². The zero-order valence-electron chi connectivity index (χ0n) is 12.1. The van der Waals surface area contributed by atoms with Crippen molar-refractivity contribution in [3.63, 3.8) is 0 Å². The molecule has 0 radical (unpaired) electrons. The lowest BCUT2D eigenvalue weighted by Crippen LogP contribution is -2.41. The molecule has 0 heterocycles. The van der Waals surface area contributed by atoms with Gasteiger partial charge in [-0.25, -0.2) is 0 Å². The minimum Gasteiger partial charge on any atom is -0.391 e. The summed E-state index contributed by atoms with van der Waals surface area (Å²) in [6, 6.07) is 9.52. The van der Waals surface area contributed by atoms with Crippen LogP contribution in [0.4, 0.5) is 0 Å². The number of hydrogen-bond donors (Lipinski definition) is 1. The Bertz CT molecular complexity index is 469. The Hall–Kier alpha value is -0.930. The summed E-state index contributed by atoms with van der Waals surface area (Å²) in [5.41, 5.74) is 0. The van der Waals surface area contributed by atoms with Crippen molar-refractivity contribution in [1.29, 1.82) is 0 Å². The molecule has 3 atom stereocenters.